The molecule has 2 N–H and O–H groups in total. The molecule has 2 rings (SSSR count). The maximum absolute atomic E-state index is 12.1. The van der Waals surface area contributed by atoms with Gasteiger partial charge in [-0.05, 0) is 46.2 Å². The summed E-state index contributed by atoms with van der Waals surface area (Å²) in [7, 11) is 4.29. The molecule has 146 valence electrons. The number of aliphatic imine (C=N–C) groups is 1. The van der Waals surface area contributed by atoms with Gasteiger partial charge in [0.05, 0.1) is 6.54 Å². The SMILES string of the molecule is CCNC(=NCC(C1CC1)N(C)C)NC1CCN(C(=O)C(C)C)C1.I. The van der Waals surface area contributed by atoms with E-state index in [0.29, 0.717) is 12.1 Å². The first kappa shape index (κ1) is 22.5. The molecule has 0 radical (unpaired) electrons. The van der Waals surface area contributed by atoms with E-state index < -0.39 is 0 Å². The second-order valence-corrected chi connectivity index (χ2v) is 7.66. The number of likely N-dealkylation sites (tertiary alicyclic amines) is 1. The van der Waals surface area contributed by atoms with Crippen molar-refractivity contribution in [2.24, 2.45) is 16.8 Å². The summed E-state index contributed by atoms with van der Waals surface area (Å²) in [6, 6.07) is 0.826. The average Bonchev–Trinajstić information content (AvgIpc) is 3.25. The molecule has 1 saturated carbocycles. The zero-order valence-corrected chi connectivity index (χ0v) is 18.7. The van der Waals surface area contributed by atoms with Gasteiger partial charge in [0.1, 0.15) is 0 Å². The van der Waals surface area contributed by atoms with Gasteiger partial charge in [-0.15, -0.1) is 24.0 Å². The standard InChI is InChI=1S/C18H35N5O.HI/c1-6-19-18(20-11-16(22(4)5)14-7-8-14)21-15-9-10-23(12-15)17(24)13(2)3;/h13-16H,6-12H2,1-5H3,(H2,19,20,21);1H. The Morgan fingerprint density at radius 2 is 1.96 bits per heavy atom. The molecule has 0 spiro atoms. The largest absolute Gasteiger partial charge is 0.357 e. The molecule has 6 nitrogen and oxygen atoms in total. The van der Waals surface area contributed by atoms with Crippen molar-refractivity contribution in [1.82, 2.24) is 20.4 Å². The number of nitrogens with one attached hydrogen (secondary N) is 2. The first-order valence-corrected chi connectivity index (χ1v) is 9.42. The molecule has 2 unspecified atom stereocenters. The zero-order chi connectivity index (χ0) is 17.7. The summed E-state index contributed by atoms with van der Waals surface area (Å²) in [6.45, 7) is 9.32. The predicted octanol–water partition coefficient (Wildman–Crippen LogP) is 1.76. The first-order chi connectivity index (χ1) is 11.4. The van der Waals surface area contributed by atoms with Crippen LogP contribution in [-0.2, 0) is 4.79 Å². The van der Waals surface area contributed by atoms with Crippen LogP contribution in [0.4, 0.5) is 0 Å². The van der Waals surface area contributed by atoms with Crippen molar-refractivity contribution in [2.45, 2.75) is 52.1 Å². The van der Waals surface area contributed by atoms with E-state index in [1.165, 1.54) is 12.8 Å². The first-order valence-electron chi connectivity index (χ1n) is 9.42. The lowest BCUT2D eigenvalue weighted by Crippen LogP contribution is -2.46. The minimum Gasteiger partial charge on any atom is -0.357 e. The van der Waals surface area contributed by atoms with Crippen LogP contribution in [0.2, 0.25) is 0 Å². The van der Waals surface area contributed by atoms with Gasteiger partial charge >= 0.3 is 0 Å². The Hall–Kier alpha value is -0.570. The fraction of sp³-hybridized carbons (Fsp3) is 0.889. The summed E-state index contributed by atoms with van der Waals surface area (Å²) in [4.78, 5) is 21.2. The number of guanidine groups is 1. The fourth-order valence-electron chi connectivity index (χ4n) is 3.36. The van der Waals surface area contributed by atoms with E-state index in [1.54, 1.807) is 0 Å². The zero-order valence-electron chi connectivity index (χ0n) is 16.4. The predicted molar refractivity (Wildman–Crippen MR) is 115 cm³/mol. The van der Waals surface area contributed by atoms with Gasteiger partial charge in [0.2, 0.25) is 5.91 Å². The molecule has 1 aliphatic heterocycles. The minimum absolute atomic E-state index is 0. The normalized spacial score (nSPS) is 22.1. The molecule has 1 heterocycles. The van der Waals surface area contributed by atoms with E-state index in [9.17, 15) is 4.79 Å². The molecular weight excluding hydrogens is 429 g/mol. The number of likely N-dealkylation sites (N-methyl/N-ethyl adjacent to an activating group) is 1. The average molecular weight is 465 g/mol. The van der Waals surface area contributed by atoms with Crippen molar-refractivity contribution in [2.75, 3.05) is 40.3 Å². The van der Waals surface area contributed by atoms with Crippen molar-refractivity contribution in [3.05, 3.63) is 0 Å². The highest BCUT2D eigenvalue weighted by Crippen LogP contribution is 2.34. The van der Waals surface area contributed by atoms with Crippen LogP contribution in [0.3, 0.4) is 0 Å². The molecule has 2 aliphatic rings. The Balaban J connectivity index is 0.00000312. The number of hydrogen-bond donors (Lipinski definition) is 2. The molecule has 0 aromatic carbocycles. The highest BCUT2D eigenvalue weighted by molar-refractivity contribution is 14.0. The molecule has 0 bridgehead atoms. The maximum Gasteiger partial charge on any atom is 0.225 e. The van der Waals surface area contributed by atoms with E-state index in [0.717, 1.165) is 44.5 Å². The Labute approximate surface area is 170 Å². The smallest absolute Gasteiger partial charge is 0.225 e. The Bertz CT molecular complexity index is 449. The number of amides is 1. The van der Waals surface area contributed by atoms with Gasteiger partial charge in [0.25, 0.3) is 0 Å². The third-order valence-corrected chi connectivity index (χ3v) is 4.94. The van der Waals surface area contributed by atoms with Gasteiger partial charge in [-0.25, -0.2) is 0 Å². The molecule has 2 fully saturated rings. The van der Waals surface area contributed by atoms with E-state index in [4.69, 9.17) is 4.99 Å². The Morgan fingerprint density at radius 1 is 1.28 bits per heavy atom. The highest BCUT2D eigenvalue weighted by atomic mass is 127. The van der Waals surface area contributed by atoms with Crippen LogP contribution >= 0.6 is 24.0 Å². The van der Waals surface area contributed by atoms with Crippen LogP contribution in [0.5, 0.6) is 0 Å². The molecule has 0 aromatic heterocycles. The van der Waals surface area contributed by atoms with Crippen LogP contribution in [0.15, 0.2) is 4.99 Å². The quantitative estimate of drug-likeness (QED) is 0.342. The monoisotopic (exact) mass is 465 g/mol. The molecule has 1 amide bonds. The van der Waals surface area contributed by atoms with Crippen molar-refractivity contribution in [3.8, 4) is 0 Å². The minimum atomic E-state index is 0. The molecule has 2 atom stereocenters. The number of halogens is 1. The van der Waals surface area contributed by atoms with Crippen LogP contribution in [0.25, 0.3) is 0 Å². The Kier molecular flexibility index (Phi) is 9.48. The molecule has 0 aromatic rings. The number of carbonyl (C=O) groups excluding carboxylic acids is 1. The fourth-order valence-corrected chi connectivity index (χ4v) is 3.36. The summed E-state index contributed by atoms with van der Waals surface area (Å²) < 4.78 is 0. The number of rotatable bonds is 7. The van der Waals surface area contributed by atoms with Crippen LogP contribution < -0.4 is 10.6 Å². The third-order valence-electron chi connectivity index (χ3n) is 4.94. The number of nitrogens with zero attached hydrogens (tertiary/aromatic N) is 3. The second kappa shape index (κ2) is 10.5. The lowest BCUT2D eigenvalue weighted by atomic mass is 10.2. The van der Waals surface area contributed by atoms with E-state index in [-0.39, 0.29) is 35.8 Å². The van der Waals surface area contributed by atoms with Gasteiger partial charge in [-0.3, -0.25) is 9.79 Å². The van der Waals surface area contributed by atoms with Crippen LogP contribution in [0.1, 0.15) is 40.0 Å². The second-order valence-electron chi connectivity index (χ2n) is 7.66. The number of carbonyl (C=O) groups is 1. The van der Waals surface area contributed by atoms with Crippen molar-refractivity contribution in [1.29, 1.82) is 0 Å². The lowest BCUT2D eigenvalue weighted by molar-refractivity contribution is -0.133. The van der Waals surface area contributed by atoms with Gasteiger partial charge in [-0.1, -0.05) is 13.8 Å². The van der Waals surface area contributed by atoms with E-state index >= 15 is 0 Å². The van der Waals surface area contributed by atoms with Crippen LogP contribution in [0, 0.1) is 11.8 Å². The third kappa shape index (κ3) is 6.92. The van der Waals surface area contributed by atoms with Crippen molar-refractivity contribution >= 4 is 35.8 Å². The molecule has 25 heavy (non-hydrogen) atoms. The highest BCUT2D eigenvalue weighted by Gasteiger charge is 2.32. The summed E-state index contributed by atoms with van der Waals surface area (Å²) in [5.74, 6) is 2.01. The van der Waals surface area contributed by atoms with Gasteiger partial charge in [0.15, 0.2) is 5.96 Å². The van der Waals surface area contributed by atoms with Crippen molar-refractivity contribution < 1.29 is 4.79 Å². The molecule has 1 aliphatic carbocycles. The summed E-state index contributed by atoms with van der Waals surface area (Å²) in [5, 5.41) is 6.87. The summed E-state index contributed by atoms with van der Waals surface area (Å²) in [5.41, 5.74) is 0. The summed E-state index contributed by atoms with van der Waals surface area (Å²) in [6.07, 6.45) is 3.65. The van der Waals surface area contributed by atoms with Gasteiger partial charge in [0, 0.05) is 37.6 Å². The Morgan fingerprint density at radius 3 is 2.48 bits per heavy atom. The molecular formula is C18H36IN5O. The maximum atomic E-state index is 12.1. The topological polar surface area (TPSA) is 60.0 Å². The molecule has 7 heteroatoms. The summed E-state index contributed by atoms with van der Waals surface area (Å²) >= 11 is 0. The van der Waals surface area contributed by atoms with Gasteiger partial charge in [-0.2, -0.15) is 0 Å². The van der Waals surface area contributed by atoms with E-state index in [2.05, 4.69) is 36.6 Å². The van der Waals surface area contributed by atoms with Crippen molar-refractivity contribution in [3.63, 3.8) is 0 Å². The van der Waals surface area contributed by atoms with Crippen LogP contribution in [-0.4, -0.2) is 74.0 Å². The van der Waals surface area contributed by atoms with Gasteiger partial charge < -0.3 is 20.4 Å². The van der Waals surface area contributed by atoms with E-state index in [1.807, 2.05) is 18.7 Å². The number of hydrogen-bond acceptors (Lipinski definition) is 3. The molecule has 1 saturated heterocycles. The lowest BCUT2D eigenvalue weighted by Gasteiger charge is -2.24.